The van der Waals surface area contributed by atoms with Gasteiger partial charge in [0.2, 0.25) is 0 Å². The molecular formula is C13H26O2. The Morgan fingerprint density at radius 1 is 1.13 bits per heavy atom. The van der Waals surface area contributed by atoms with Gasteiger partial charge in [-0.2, -0.15) is 0 Å². The van der Waals surface area contributed by atoms with Crippen LogP contribution in [0, 0.1) is 17.8 Å². The van der Waals surface area contributed by atoms with Crippen molar-refractivity contribution in [3.63, 3.8) is 0 Å². The van der Waals surface area contributed by atoms with E-state index in [1.54, 1.807) is 0 Å². The maximum absolute atomic E-state index is 11.1. The van der Waals surface area contributed by atoms with Crippen molar-refractivity contribution < 1.29 is 9.90 Å². The second kappa shape index (κ2) is 7.72. The first-order chi connectivity index (χ1) is 6.99. The summed E-state index contributed by atoms with van der Waals surface area (Å²) in [5, 5.41) is 9.14. The predicted molar refractivity (Wildman–Crippen MR) is 63.9 cm³/mol. The van der Waals surface area contributed by atoms with Crippen molar-refractivity contribution in [2.75, 3.05) is 0 Å². The van der Waals surface area contributed by atoms with Crippen LogP contribution in [0.25, 0.3) is 0 Å². The van der Waals surface area contributed by atoms with Crippen LogP contribution in [-0.4, -0.2) is 11.1 Å². The van der Waals surface area contributed by atoms with Crippen LogP contribution in [-0.2, 0) is 4.79 Å². The summed E-state index contributed by atoms with van der Waals surface area (Å²) < 4.78 is 0. The number of carboxylic acid groups (broad SMARTS) is 1. The summed E-state index contributed by atoms with van der Waals surface area (Å²) in [6, 6.07) is 0. The van der Waals surface area contributed by atoms with Crippen LogP contribution in [0.1, 0.15) is 59.8 Å². The Balaban J connectivity index is 4.04. The van der Waals surface area contributed by atoms with Crippen molar-refractivity contribution in [3.8, 4) is 0 Å². The number of rotatable bonds is 8. The summed E-state index contributed by atoms with van der Waals surface area (Å²) in [4.78, 5) is 11.1. The lowest BCUT2D eigenvalue weighted by Crippen LogP contribution is -2.22. The molecule has 0 rings (SSSR count). The fraction of sp³-hybridized carbons (Fsp3) is 0.923. The summed E-state index contributed by atoms with van der Waals surface area (Å²) in [5.74, 6) is 0.243. The molecule has 0 aliphatic rings. The third-order valence-electron chi connectivity index (χ3n) is 3.07. The van der Waals surface area contributed by atoms with E-state index in [0.717, 1.165) is 32.1 Å². The Morgan fingerprint density at radius 2 is 1.73 bits per heavy atom. The Hall–Kier alpha value is -0.530. The average molecular weight is 214 g/mol. The topological polar surface area (TPSA) is 37.3 Å². The van der Waals surface area contributed by atoms with E-state index < -0.39 is 5.97 Å². The molecule has 0 aliphatic carbocycles. The predicted octanol–water partition coefficient (Wildman–Crippen LogP) is 3.95. The molecule has 90 valence electrons. The van der Waals surface area contributed by atoms with Crippen LogP contribution in [0.3, 0.4) is 0 Å². The minimum absolute atomic E-state index is 0.135. The summed E-state index contributed by atoms with van der Waals surface area (Å²) in [5.41, 5.74) is 0. The first kappa shape index (κ1) is 14.5. The molecule has 0 saturated heterocycles. The highest BCUT2D eigenvalue weighted by atomic mass is 16.4. The lowest BCUT2D eigenvalue weighted by atomic mass is 9.85. The third-order valence-corrected chi connectivity index (χ3v) is 3.07. The van der Waals surface area contributed by atoms with Crippen LogP contribution >= 0.6 is 0 Å². The Bertz CT molecular complexity index is 175. The molecule has 0 aromatic carbocycles. The molecule has 2 nitrogen and oxygen atoms in total. The van der Waals surface area contributed by atoms with Gasteiger partial charge in [0.15, 0.2) is 0 Å². The largest absolute Gasteiger partial charge is 0.481 e. The minimum Gasteiger partial charge on any atom is -0.481 e. The van der Waals surface area contributed by atoms with Crippen molar-refractivity contribution in [1.29, 1.82) is 0 Å². The Morgan fingerprint density at radius 3 is 2.13 bits per heavy atom. The number of hydrogen-bond acceptors (Lipinski definition) is 1. The molecule has 1 N–H and O–H groups in total. The Kier molecular flexibility index (Phi) is 7.45. The quantitative estimate of drug-likeness (QED) is 0.664. The van der Waals surface area contributed by atoms with Gasteiger partial charge in [-0.25, -0.2) is 0 Å². The molecule has 2 atom stereocenters. The fourth-order valence-corrected chi connectivity index (χ4v) is 1.87. The zero-order valence-electron chi connectivity index (χ0n) is 10.6. The summed E-state index contributed by atoms with van der Waals surface area (Å²) in [6.45, 7) is 8.57. The van der Waals surface area contributed by atoms with Crippen LogP contribution in [0.4, 0.5) is 0 Å². The van der Waals surface area contributed by atoms with Crippen LogP contribution in [0.15, 0.2) is 0 Å². The van der Waals surface area contributed by atoms with E-state index in [0.29, 0.717) is 11.8 Å². The summed E-state index contributed by atoms with van der Waals surface area (Å²) >= 11 is 0. The van der Waals surface area contributed by atoms with Gasteiger partial charge in [0.25, 0.3) is 0 Å². The SMILES string of the molecule is CCCCC(C(=O)O)C(C)CCC(C)C. The van der Waals surface area contributed by atoms with E-state index in [9.17, 15) is 4.79 Å². The number of carboxylic acids is 1. The Labute approximate surface area is 94.1 Å². The molecule has 0 aromatic heterocycles. The molecule has 0 aromatic rings. The minimum atomic E-state index is -0.611. The van der Waals surface area contributed by atoms with E-state index in [1.165, 1.54) is 0 Å². The van der Waals surface area contributed by atoms with Crippen molar-refractivity contribution in [1.82, 2.24) is 0 Å². The first-order valence-electron chi connectivity index (χ1n) is 6.21. The number of unbranched alkanes of at least 4 members (excludes halogenated alkanes) is 1. The van der Waals surface area contributed by atoms with Crippen molar-refractivity contribution in [3.05, 3.63) is 0 Å². The van der Waals surface area contributed by atoms with Crippen LogP contribution in [0.2, 0.25) is 0 Å². The molecule has 2 unspecified atom stereocenters. The summed E-state index contributed by atoms with van der Waals surface area (Å²) in [7, 11) is 0. The van der Waals surface area contributed by atoms with Gasteiger partial charge >= 0.3 is 5.97 Å². The molecule has 0 saturated carbocycles. The molecule has 2 heteroatoms. The zero-order chi connectivity index (χ0) is 11.8. The van der Waals surface area contributed by atoms with Crippen LogP contribution < -0.4 is 0 Å². The third kappa shape index (κ3) is 6.53. The molecule has 0 spiro atoms. The molecule has 0 radical (unpaired) electrons. The molecular weight excluding hydrogens is 188 g/mol. The fourth-order valence-electron chi connectivity index (χ4n) is 1.87. The molecule has 15 heavy (non-hydrogen) atoms. The molecule has 0 aliphatic heterocycles. The second-order valence-electron chi connectivity index (χ2n) is 5.04. The highest BCUT2D eigenvalue weighted by Gasteiger charge is 2.23. The summed E-state index contributed by atoms with van der Waals surface area (Å²) in [6.07, 6.45) is 5.13. The van der Waals surface area contributed by atoms with E-state index in [-0.39, 0.29) is 5.92 Å². The van der Waals surface area contributed by atoms with E-state index in [4.69, 9.17) is 5.11 Å². The van der Waals surface area contributed by atoms with Gasteiger partial charge in [0.1, 0.15) is 0 Å². The lowest BCUT2D eigenvalue weighted by molar-refractivity contribution is -0.143. The lowest BCUT2D eigenvalue weighted by Gasteiger charge is -2.20. The monoisotopic (exact) mass is 214 g/mol. The second-order valence-corrected chi connectivity index (χ2v) is 5.04. The molecule has 0 heterocycles. The molecule has 0 bridgehead atoms. The maximum atomic E-state index is 11.1. The van der Waals surface area contributed by atoms with E-state index >= 15 is 0 Å². The smallest absolute Gasteiger partial charge is 0.306 e. The zero-order valence-corrected chi connectivity index (χ0v) is 10.6. The molecule has 0 fully saturated rings. The van der Waals surface area contributed by atoms with Gasteiger partial charge < -0.3 is 5.11 Å². The maximum Gasteiger partial charge on any atom is 0.306 e. The van der Waals surface area contributed by atoms with Crippen molar-refractivity contribution in [2.24, 2.45) is 17.8 Å². The highest BCUT2D eigenvalue weighted by Crippen LogP contribution is 2.24. The van der Waals surface area contributed by atoms with E-state index in [2.05, 4.69) is 27.7 Å². The number of hydrogen-bond donors (Lipinski definition) is 1. The molecule has 0 amide bonds. The normalized spacial score (nSPS) is 15.3. The van der Waals surface area contributed by atoms with Gasteiger partial charge in [-0.15, -0.1) is 0 Å². The first-order valence-corrected chi connectivity index (χ1v) is 6.21. The standard InChI is InChI=1S/C13H26O2/c1-5-6-7-12(13(14)15)11(4)9-8-10(2)3/h10-12H,5-9H2,1-4H3,(H,14,15). The van der Waals surface area contributed by atoms with Crippen molar-refractivity contribution >= 4 is 5.97 Å². The average Bonchev–Trinajstić information content (AvgIpc) is 2.14. The van der Waals surface area contributed by atoms with Gasteiger partial charge in [-0.1, -0.05) is 47.0 Å². The van der Waals surface area contributed by atoms with Crippen molar-refractivity contribution in [2.45, 2.75) is 59.8 Å². The van der Waals surface area contributed by atoms with E-state index in [1.807, 2.05) is 0 Å². The highest BCUT2D eigenvalue weighted by molar-refractivity contribution is 5.70. The van der Waals surface area contributed by atoms with Gasteiger partial charge in [-0.05, 0) is 24.7 Å². The number of aliphatic carboxylic acids is 1. The van der Waals surface area contributed by atoms with Gasteiger partial charge in [0.05, 0.1) is 5.92 Å². The van der Waals surface area contributed by atoms with Gasteiger partial charge in [-0.3, -0.25) is 4.79 Å². The number of carbonyl (C=O) groups is 1. The van der Waals surface area contributed by atoms with Crippen LogP contribution in [0.5, 0.6) is 0 Å². The van der Waals surface area contributed by atoms with Gasteiger partial charge in [0, 0.05) is 0 Å².